The number of para-hydroxylation sites is 1. The number of fused-ring (bicyclic) bond motifs is 1. The van der Waals surface area contributed by atoms with E-state index in [1.807, 2.05) is 31.2 Å². The molecule has 0 aliphatic carbocycles. The maximum atomic E-state index is 12.9. The van der Waals surface area contributed by atoms with Gasteiger partial charge in [0.05, 0.1) is 24.3 Å². The number of aromatic amines is 1. The zero-order valence-corrected chi connectivity index (χ0v) is 18.1. The summed E-state index contributed by atoms with van der Waals surface area (Å²) in [6.07, 6.45) is 0.552. The highest BCUT2D eigenvalue weighted by Crippen LogP contribution is 2.38. The third kappa shape index (κ3) is 3.56. The van der Waals surface area contributed by atoms with Crippen molar-refractivity contribution in [1.29, 1.82) is 0 Å². The predicted molar refractivity (Wildman–Crippen MR) is 119 cm³/mol. The Labute approximate surface area is 185 Å². The van der Waals surface area contributed by atoms with Crippen molar-refractivity contribution in [2.45, 2.75) is 26.3 Å². The molecule has 1 aliphatic heterocycles. The Bertz CT molecular complexity index is 1250. The Morgan fingerprint density at radius 3 is 2.47 bits per heavy atom. The standard InChI is InChI=1S/C25H24N2O5/c1-14-18(19-6-4-5-7-20(19)26-14)12-13-27-22(21(15(2)28)23(29)24(27)30)16-8-10-17(11-9-16)25(31)32-3/h4-11,22,26,29H,12-13H2,1-3H3/t22-/m1/s1. The predicted octanol–water partition coefficient (Wildman–Crippen LogP) is 3.79. The maximum Gasteiger partial charge on any atom is 0.337 e. The second-order valence-electron chi connectivity index (χ2n) is 7.86. The number of esters is 1. The molecule has 4 rings (SSSR count). The topological polar surface area (TPSA) is 99.7 Å². The lowest BCUT2D eigenvalue weighted by molar-refractivity contribution is -0.129. The molecule has 164 valence electrons. The Morgan fingerprint density at radius 2 is 1.81 bits per heavy atom. The zero-order valence-electron chi connectivity index (χ0n) is 18.1. The van der Waals surface area contributed by atoms with Gasteiger partial charge in [-0.3, -0.25) is 9.59 Å². The Kier molecular flexibility index (Phi) is 5.57. The molecule has 1 amide bonds. The minimum Gasteiger partial charge on any atom is -0.503 e. The largest absolute Gasteiger partial charge is 0.503 e. The third-order valence-corrected chi connectivity index (χ3v) is 5.96. The van der Waals surface area contributed by atoms with Gasteiger partial charge >= 0.3 is 5.97 Å². The molecule has 2 N–H and O–H groups in total. The van der Waals surface area contributed by atoms with Crippen LogP contribution in [0.4, 0.5) is 0 Å². The summed E-state index contributed by atoms with van der Waals surface area (Å²) in [6.45, 7) is 3.63. The van der Waals surface area contributed by atoms with E-state index < -0.39 is 23.7 Å². The molecule has 1 atom stereocenters. The number of hydrogen-bond donors (Lipinski definition) is 2. The number of aliphatic hydroxyl groups is 1. The summed E-state index contributed by atoms with van der Waals surface area (Å²) >= 11 is 0. The monoisotopic (exact) mass is 432 g/mol. The molecular weight excluding hydrogens is 408 g/mol. The summed E-state index contributed by atoms with van der Waals surface area (Å²) in [5.41, 5.74) is 4.18. The van der Waals surface area contributed by atoms with Crippen molar-refractivity contribution in [3.63, 3.8) is 0 Å². The molecular formula is C25H24N2O5. The zero-order chi connectivity index (χ0) is 23.0. The molecule has 0 saturated heterocycles. The van der Waals surface area contributed by atoms with Crippen molar-refractivity contribution in [2.75, 3.05) is 13.7 Å². The van der Waals surface area contributed by atoms with Crippen molar-refractivity contribution in [2.24, 2.45) is 0 Å². The molecule has 0 radical (unpaired) electrons. The molecule has 1 aromatic heterocycles. The van der Waals surface area contributed by atoms with E-state index in [2.05, 4.69) is 4.98 Å². The summed E-state index contributed by atoms with van der Waals surface area (Å²) in [5.74, 6) is -1.94. The van der Waals surface area contributed by atoms with Crippen LogP contribution in [0.1, 0.15) is 40.1 Å². The fraction of sp³-hybridized carbons (Fsp3) is 0.240. The number of H-pyrrole nitrogens is 1. The quantitative estimate of drug-likeness (QED) is 0.578. The fourth-order valence-corrected chi connectivity index (χ4v) is 4.40. The number of rotatable bonds is 6. The van der Waals surface area contributed by atoms with Crippen LogP contribution in [0.25, 0.3) is 10.9 Å². The number of hydrogen-bond acceptors (Lipinski definition) is 5. The van der Waals surface area contributed by atoms with Crippen molar-refractivity contribution < 1.29 is 24.2 Å². The highest BCUT2D eigenvalue weighted by molar-refractivity contribution is 6.08. The molecule has 0 fully saturated rings. The van der Waals surface area contributed by atoms with Crippen LogP contribution in [0.2, 0.25) is 0 Å². The van der Waals surface area contributed by atoms with E-state index in [0.29, 0.717) is 24.1 Å². The van der Waals surface area contributed by atoms with Gasteiger partial charge in [0, 0.05) is 23.1 Å². The average Bonchev–Trinajstić information content (AvgIpc) is 3.24. The summed E-state index contributed by atoms with van der Waals surface area (Å²) in [6, 6.07) is 13.7. The number of ketones is 1. The number of aliphatic hydroxyl groups excluding tert-OH is 1. The van der Waals surface area contributed by atoms with Gasteiger partial charge in [-0.1, -0.05) is 30.3 Å². The van der Waals surface area contributed by atoms with Gasteiger partial charge in [0.2, 0.25) is 0 Å². The number of nitrogens with one attached hydrogen (secondary N) is 1. The number of carbonyl (C=O) groups excluding carboxylic acids is 3. The van der Waals surface area contributed by atoms with Crippen LogP contribution in [0, 0.1) is 6.92 Å². The normalized spacial score (nSPS) is 16.2. The molecule has 2 heterocycles. The van der Waals surface area contributed by atoms with E-state index in [1.165, 1.54) is 18.9 Å². The molecule has 0 saturated carbocycles. The van der Waals surface area contributed by atoms with E-state index in [-0.39, 0.29) is 11.4 Å². The molecule has 0 spiro atoms. The van der Waals surface area contributed by atoms with E-state index in [9.17, 15) is 19.5 Å². The van der Waals surface area contributed by atoms with Gasteiger partial charge in [-0.15, -0.1) is 0 Å². The second-order valence-corrected chi connectivity index (χ2v) is 7.86. The van der Waals surface area contributed by atoms with E-state index in [1.54, 1.807) is 24.3 Å². The van der Waals surface area contributed by atoms with Gasteiger partial charge in [0.25, 0.3) is 5.91 Å². The first-order valence-corrected chi connectivity index (χ1v) is 10.3. The SMILES string of the molecule is COC(=O)c1ccc([C@@H]2C(C(C)=O)=C(O)C(=O)N2CCc2c(C)[nH]c3ccccc23)cc1. The summed E-state index contributed by atoms with van der Waals surface area (Å²) < 4.78 is 4.73. The van der Waals surface area contributed by atoms with Crippen molar-refractivity contribution in [3.05, 3.63) is 82.2 Å². The van der Waals surface area contributed by atoms with Crippen LogP contribution in [-0.4, -0.2) is 46.3 Å². The molecule has 3 aromatic rings. The first-order valence-electron chi connectivity index (χ1n) is 10.3. The van der Waals surface area contributed by atoms with Crippen LogP contribution < -0.4 is 0 Å². The number of methoxy groups -OCH3 is 1. The van der Waals surface area contributed by atoms with Crippen LogP contribution >= 0.6 is 0 Å². The number of benzene rings is 2. The van der Waals surface area contributed by atoms with Crippen LogP contribution in [0.15, 0.2) is 59.9 Å². The van der Waals surface area contributed by atoms with Gasteiger partial charge in [-0.05, 0) is 49.6 Å². The van der Waals surface area contributed by atoms with E-state index in [0.717, 1.165) is 22.2 Å². The Hall–Kier alpha value is -3.87. The fourth-order valence-electron chi connectivity index (χ4n) is 4.40. The lowest BCUT2D eigenvalue weighted by atomic mass is 9.95. The Balaban J connectivity index is 1.68. The molecule has 0 bridgehead atoms. The summed E-state index contributed by atoms with van der Waals surface area (Å²) in [4.78, 5) is 41.9. The number of aryl methyl sites for hydroxylation is 1. The highest BCUT2D eigenvalue weighted by atomic mass is 16.5. The van der Waals surface area contributed by atoms with Gasteiger partial charge in [0.1, 0.15) is 0 Å². The number of Topliss-reactive ketones (excluding diaryl/α,β-unsaturated/α-hetero) is 1. The van der Waals surface area contributed by atoms with E-state index in [4.69, 9.17) is 4.74 Å². The number of carbonyl (C=O) groups is 3. The maximum absolute atomic E-state index is 12.9. The molecule has 1 aliphatic rings. The number of amides is 1. The number of aromatic nitrogens is 1. The third-order valence-electron chi connectivity index (χ3n) is 5.96. The summed E-state index contributed by atoms with van der Waals surface area (Å²) in [5, 5.41) is 11.6. The van der Waals surface area contributed by atoms with Crippen LogP contribution in [0.5, 0.6) is 0 Å². The first-order chi connectivity index (χ1) is 15.3. The lowest BCUT2D eigenvalue weighted by Crippen LogP contribution is -2.33. The molecule has 32 heavy (non-hydrogen) atoms. The number of nitrogens with zero attached hydrogens (tertiary/aromatic N) is 1. The lowest BCUT2D eigenvalue weighted by Gasteiger charge is -2.27. The van der Waals surface area contributed by atoms with Gasteiger partial charge in [0.15, 0.2) is 11.5 Å². The van der Waals surface area contributed by atoms with Crippen LogP contribution in [0.3, 0.4) is 0 Å². The van der Waals surface area contributed by atoms with Crippen molar-refractivity contribution >= 4 is 28.6 Å². The minimum absolute atomic E-state index is 0.0662. The van der Waals surface area contributed by atoms with Crippen LogP contribution in [-0.2, 0) is 20.7 Å². The van der Waals surface area contributed by atoms with Gasteiger partial charge < -0.3 is 19.7 Å². The van der Waals surface area contributed by atoms with Gasteiger partial charge in [-0.25, -0.2) is 4.79 Å². The summed E-state index contributed by atoms with van der Waals surface area (Å²) in [7, 11) is 1.30. The van der Waals surface area contributed by atoms with Crippen molar-refractivity contribution in [1.82, 2.24) is 9.88 Å². The molecule has 0 unspecified atom stereocenters. The highest BCUT2D eigenvalue weighted by Gasteiger charge is 2.42. The molecule has 7 nitrogen and oxygen atoms in total. The Morgan fingerprint density at radius 1 is 1.12 bits per heavy atom. The van der Waals surface area contributed by atoms with E-state index >= 15 is 0 Å². The van der Waals surface area contributed by atoms with Gasteiger partial charge in [-0.2, -0.15) is 0 Å². The number of ether oxygens (including phenoxy) is 1. The molecule has 2 aromatic carbocycles. The first kappa shape index (κ1) is 21.4. The minimum atomic E-state index is -0.725. The smallest absolute Gasteiger partial charge is 0.337 e. The molecule has 7 heteroatoms. The second kappa shape index (κ2) is 8.34. The van der Waals surface area contributed by atoms with Crippen molar-refractivity contribution in [3.8, 4) is 0 Å². The average molecular weight is 432 g/mol.